The Bertz CT molecular complexity index is 966. The Morgan fingerprint density at radius 1 is 1.00 bits per heavy atom. The number of nitrogens with zero attached hydrogens (tertiary/aromatic N) is 4. The van der Waals surface area contributed by atoms with Gasteiger partial charge in [0.05, 0.1) is 6.54 Å². The molecular weight excluding hydrogens is 362 g/mol. The van der Waals surface area contributed by atoms with Gasteiger partial charge in [0.1, 0.15) is 5.82 Å². The first-order chi connectivity index (χ1) is 14.3. The first-order valence-corrected chi connectivity index (χ1v) is 10.4. The lowest BCUT2D eigenvalue weighted by atomic mass is 10.1. The molecule has 0 atom stereocenters. The Hall–Kier alpha value is -3.15. The number of fused-ring (bicyclic) bond motifs is 1. The summed E-state index contributed by atoms with van der Waals surface area (Å²) >= 11 is 0. The van der Waals surface area contributed by atoms with E-state index in [1.54, 1.807) is 4.90 Å². The molecule has 0 unspecified atom stereocenters. The topological polar surface area (TPSA) is 63.1 Å². The molecule has 1 N–H and O–H groups in total. The molecule has 6 heteroatoms. The summed E-state index contributed by atoms with van der Waals surface area (Å²) in [6.45, 7) is 3.44. The Balaban J connectivity index is 1.69. The van der Waals surface area contributed by atoms with Gasteiger partial charge in [0.2, 0.25) is 5.95 Å². The van der Waals surface area contributed by atoms with E-state index in [4.69, 9.17) is 0 Å². The van der Waals surface area contributed by atoms with Crippen molar-refractivity contribution in [1.82, 2.24) is 14.8 Å². The van der Waals surface area contributed by atoms with Crippen molar-refractivity contribution in [3.63, 3.8) is 0 Å². The minimum absolute atomic E-state index is 0.193. The third-order valence-electron chi connectivity index (χ3n) is 5.43. The van der Waals surface area contributed by atoms with Crippen LogP contribution in [0.15, 0.2) is 54.6 Å². The largest absolute Gasteiger partial charge is 0.329 e. The highest BCUT2D eigenvalue weighted by molar-refractivity contribution is 6.00. The number of carbonyl (C=O) groups excluding carboxylic acids is 1. The number of benzene rings is 2. The molecule has 29 heavy (non-hydrogen) atoms. The number of hydrogen-bond acceptors (Lipinski definition) is 3. The summed E-state index contributed by atoms with van der Waals surface area (Å²) in [6, 6.07) is 17.6. The fraction of sp³-hybridized carbons (Fsp3) is 0.348. The maximum absolute atomic E-state index is 13.3. The molecule has 150 valence electrons. The molecule has 4 rings (SSSR count). The van der Waals surface area contributed by atoms with E-state index in [-0.39, 0.29) is 6.03 Å². The molecule has 2 amide bonds. The quantitative estimate of drug-likeness (QED) is 0.681. The van der Waals surface area contributed by atoms with Gasteiger partial charge in [0.25, 0.3) is 0 Å². The average Bonchev–Trinajstić information content (AvgIpc) is 3.00. The summed E-state index contributed by atoms with van der Waals surface area (Å²) in [4.78, 5) is 15.0. The van der Waals surface area contributed by atoms with Crippen LogP contribution in [0.4, 0.5) is 16.4 Å². The van der Waals surface area contributed by atoms with Gasteiger partial charge in [-0.1, -0.05) is 55.8 Å². The molecule has 3 aromatic rings. The van der Waals surface area contributed by atoms with Crippen molar-refractivity contribution in [3.8, 4) is 0 Å². The van der Waals surface area contributed by atoms with Crippen molar-refractivity contribution >= 4 is 17.7 Å². The molecular formula is C23H27N5O. The summed E-state index contributed by atoms with van der Waals surface area (Å²) in [5, 5.41) is 11.9. The predicted molar refractivity (Wildman–Crippen MR) is 115 cm³/mol. The van der Waals surface area contributed by atoms with Crippen LogP contribution in [0.3, 0.4) is 0 Å². The molecule has 0 radical (unpaired) electrons. The highest BCUT2D eigenvalue weighted by Gasteiger charge is 2.25. The van der Waals surface area contributed by atoms with Crippen LogP contribution in [0.5, 0.6) is 0 Å². The van der Waals surface area contributed by atoms with Crippen molar-refractivity contribution in [1.29, 1.82) is 0 Å². The molecule has 1 aromatic heterocycles. The molecule has 2 aromatic carbocycles. The normalized spacial score (nSPS) is 13.4. The zero-order chi connectivity index (χ0) is 20.1. The number of urea groups is 1. The number of nitrogens with one attached hydrogen (secondary N) is 1. The zero-order valence-corrected chi connectivity index (χ0v) is 16.8. The summed E-state index contributed by atoms with van der Waals surface area (Å²) in [6.07, 6.45) is 5.21. The molecule has 0 saturated carbocycles. The first-order valence-electron chi connectivity index (χ1n) is 10.4. The summed E-state index contributed by atoms with van der Waals surface area (Å²) in [7, 11) is 0. The maximum Gasteiger partial charge on any atom is 0.329 e. The van der Waals surface area contributed by atoms with E-state index < -0.39 is 0 Å². The van der Waals surface area contributed by atoms with Crippen molar-refractivity contribution in [2.45, 2.75) is 52.1 Å². The number of para-hydroxylation sites is 1. The molecule has 1 aliphatic heterocycles. The second-order valence-corrected chi connectivity index (χ2v) is 7.38. The Morgan fingerprint density at radius 3 is 2.55 bits per heavy atom. The number of rotatable bonds is 5. The summed E-state index contributed by atoms with van der Waals surface area (Å²) < 4.78 is 2.12. The van der Waals surface area contributed by atoms with Gasteiger partial charge in [-0.2, -0.15) is 0 Å². The van der Waals surface area contributed by atoms with E-state index in [2.05, 4.69) is 39.1 Å². The van der Waals surface area contributed by atoms with Gasteiger partial charge in [0, 0.05) is 18.7 Å². The van der Waals surface area contributed by atoms with Crippen LogP contribution < -0.4 is 10.2 Å². The van der Waals surface area contributed by atoms with E-state index in [9.17, 15) is 4.79 Å². The summed E-state index contributed by atoms with van der Waals surface area (Å²) in [5.74, 6) is 1.60. The van der Waals surface area contributed by atoms with Crippen molar-refractivity contribution in [2.24, 2.45) is 0 Å². The van der Waals surface area contributed by atoms with Gasteiger partial charge in [-0.05, 0) is 42.5 Å². The van der Waals surface area contributed by atoms with Crippen LogP contribution in [0.1, 0.15) is 43.1 Å². The van der Waals surface area contributed by atoms with Crippen molar-refractivity contribution < 1.29 is 4.79 Å². The van der Waals surface area contributed by atoms with Gasteiger partial charge < -0.3 is 5.32 Å². The molecule has 2 heterocycles. The Labute approximate surface area is 171 Å². The number of aromatic nitrogens is 3. The summed E-state index contributed by atoms with van der Waals surface area (Å²) in [5.41, 5.74) is 3.13. The lowest BCUT2D eigenvalue weighted by Crippen LogP contribution is -2.37. The molecule has 0 spiro atoms. The number of carbonyl (C=O) groups is 1. The SMILES string of the molecule is CCc1ccccc1CN(C(=O)Nc1ccccc1)c1nnc2n1CCCCC2. The van der Waals surface area contributed by atoms with E-state index in [1.165, 1.54) is 12.0 Å². The van der Waals surface area contributed by atoms with Crippen LogP contribution in [0.2, 0.25) is 0 Å². The fourth-order valence-electron chi connectivity index (χ4n) is 3.84. The number of anilines is 2. The molecule has 0 bridgehead atoms. The van der Waals surface area contributed by atoms with E-state index in [0.29, 0.717) is 12.5 Å². The van der Waals surface area contributed by atoms with Crippen LogP contribution in [-0.2, 0) is 25.9 Å². The lowest BCUT2D eigenvalue weighted by Gasteiger charge is -2.24. The second-order valence-electron chi connectivity index (χ2n) is 7.38. The molecule has 0 saturated heterocycles. The highest BCUT2D eigenvalue weighted by atomic mass is 16.2. The third kappa shape index (κ3) is 4.31. The minimum Gasteiger partial charge on any atom is -0.307 e. The maximum atomic E-state index is 13.3. The monoisotopic (exact) mass is 389 g/mol. The van der Waals surface area contributed by atoms with Crippen LogP contribution >= 0.6 is 0 Å². The van der Waals surface area contributed by atoms with Gasteiger partial charge in [-0.25, -0.2) is 4.79 Å². The van der Waals surface area contributed by atoms with E-state index in [1.807, 2.05) is 42.5 Å². The fourth-order valence-corrected chi connectivity index (χ4v) is 3.84. The first kappa shape index (κ1) is 19.2. The van der Waals surface area contributed by atoms with Crippen LogP contribution in [0.25, 0.3) is 0 Å². The molecule has 0 fully saturated rings. The van der Waals surface area contributed by atoms with Gasteiger partial charge in [-0.15, -0.1) is 10.2 Å². The highest BCUT2D eigenvalue weighted by Crippen LogP contribution is 2.24. The minimum atomic E-state index is -0.193. The Kier molecular flexibility index (Phi) is 5.89. The number of amides is 2. The molecule has 1 aliphatic rings. The van der Waals surface area contributed by atoms with Crippen molar-refractivity contribution in [2.75, 3.05) is 10.2 Å². The zero-order valence-electron chi connectivity index (χ0n) is 16.8. The Morgan fingerprint density at radius 2 is 1.76 bits per heavy atom. The molecule has 0 aliphatic carbocycles. The van der Waals surface area contributed by atoms with Gasteiger partial charge in [-0.3, -0.25) is 9.47 Å². The third-order valence-corrected chi connectivity index (χ3v) is 5.43. The second kappa shape index (κ2) is 8.90. The number of aryl methyl sites for hydroxylation is 2. The van der Waals surface area contributed by atoms with Gasteiger partial charge in [0.15, 0.2) is 0 Å². The van der Waals surface area contributed by atoms with Crippen molar-refractivity contribution in [3.05, 3.63) is 71.5 Å². The average molecular weight is 390 g/mol. The smallest absolute Gasteiger partial charge is 0.307 e. The standard InChI is InChI=1S/C23H27N5O/c1-2-18-11-8-9-12-19(18)17-28(23(29)24-20-13-5-3-6-14-20)22-26-25-21-15-7-4-10-16-27(21)22/h3,5-6,8-9,11-14H,2,4,7,10,15-17H2,1H3,(H,24,29). The van der Waals surface area contributed by atoms with E-state index in [0.717, 1.165) is 49.3 Å². The molecule has 6 nitrogen and oxygen atoms in total. The van der Waals surface area contributed by atoms with Crippen LogP contribution in [-0.4, -0.2) is 20.8 Å². The number of hydrogen-bond donors (Lipinski definition) is 1. The van der Waals surface area contributed by atoms with Crippen LogP contribution in [0, 0.1) is 0 Å². The van der Waals surface area contributed by atoms with E-state index >= 15 is 0 Å². The lowest BCUT2D eigenvalue weighted by molar-refractivity contribution is 0.256. The predicted octanol–water partition coefficient (Wildman–Crippen LogP) is 4.81. The van der Waals surface area contributed by atoms with Gasteiger partial charge >= 0.3 is 6.03 Å².